The Kier molecular flexibility index (Phi) is 11.1. The van der Waals surface area contributed by atoms with E-state index in [4.69, 9.17) is 11.6 Å². The van der Waals surface area contributed by atoms with Crippen LogP contribution in [0.1, 0.15) is 34.8 Å². The Morgan fingerprint density at radius 3 is 2.38 bits per heavy atom. The standard InChI is InChI=1S/C33H28ClFN4O5S/c1-3-30(33(42)37-28-16-15-23(39(43)44)17-20(28)2)45-24-12-7-11-22(18-24)36-32(41)29(19-25-26(34)13-8-14-27(25)35)38-31(40)21-9-5-4-6-10-21/h4-19,30H,3H2,1-2H3,(H,36,41)(H,37,42)(H,38,40)/b29-19+. The van der Waals surface area contributed by atoms with Gasteiger partial charge in [-0.25, -0.2) is 4.39 Å². The number of carbonyl (C=O) groups is 3. The van der Waals surface area contributed by atoms with Gasteiger partial charge in [0.2, 0.25) is 5.91 Å². The average molecular weight is 647 g/mol. The van der Waals surface area contributed by atoms with E-state index in [0.717, 1.165) is 0 Å². The van der Waals surface area contributed by atoms with E-state index in [9.17, 15) is 28.9 Å². The molecule has 3 amide bonds. The van der Waals surface area contributed by atoms with E-state index in [2.05, 4.69) is 16.0 Å². The van der Waals surface area contributed by atoms with Crippen LogP contribution in [0, 0.1) is 22.9 Å². The second kappa shape index (κ2) is 15.1. The molecule has 4 rings (SSSR count). The number of anilines is 2. The van der Waals surface area contributed by atoms with Crippen molar-refractivity contribution in [1.29, 1.82) is 0 Å². The molecule has 12 heteroatoms. The van der Waals surface area contributed by atoms with E-state index < -0.39 is 27.8 Å². The summed E-state index contributed by atoms with van der Waals surface area (Å²) in [5.41, 5.74) is 1.31. The number of aryl methyl sites for hydroxylation is 1. The normalized spacial score (nSPS) is 11.8. The number of hydrogen-bond donors (Lipinski definition) is 3. The number of thioether (sulfide) groups is 1. The minimum Gasteiger partial charge on any atom is -0.325 e. The maximum atomic E-state index is 14.6. The summed E-state index contributed by atoms with van der Waals surface area (Å²) in [6.07, 6.45) is 1.64. The highest BCUT2D eigenvalue weighted by Crippen LogP contribution is 2.30. The van der Waals surface area contributed by atoms with Gasteiger partial charge in [0, 0.05) is 39.5 Å². The van der Waals surface area contributed by atoms with Crippen molar-refractivity contribution in [2.75, 3.05) is 10.6 Å². The van der Waals surface area contributed by atoms with Crippen LogP contribution < -0.4 is 16.0 Å². The third-order valence-corrected chi connectivity index (χ3v) is 8.22. The first-order valence-corrected chi connectivity index (χ1v) is 15.0. The van der Waals surface area contributed by atoms with Crippen LogP contribution in [-0.4, -0.2) is 27.9 Å². The monoisotopic (exact) mass is 646 g/mol. The number of hydrogen-bond acceptors (Lipinski definition) is 6. The van der Waals surface area contributed by atoms with Gasteiger partial charge in [0.15, 0.2) is 0 Å². The number of non-ortho nitro benzene ring substituents is 1. The predicted molar refractivity (Wildman–Crippen MR) is 175 cm³/mol. The van der Waals surface area contributed by atoms with Crippen LogP contribution in [0.25, 0.3) is 6.08 Å². The number of rotatable bonds is 11. The van der Waals surface area contributed by atoms with Crippen molar-refractivity contribution >= 4 is 64.2 Å². The van der Waals surface area contributed by atoms with Gasteiger partial charge >= 0.3 is 0 Å². The van der Waals surface area contributed by atoms with E-state index in [1.54, 1.807) is 61.5 Å². The van der Waals surface area contributed by atoms with Crippen LogP contribution in [0.15, 0.2) is 102 Å². The lowest BCUT2D eigenvalue weighted by atomic mass is 10.1. The number of amides is 3. The highest BCUT2D eigenvalue weighted by atomic mass is 35.5. The van der Waals surface area contributed by atoms with Gasteiger partial charge in [-0.3, -0.25) is 24.5 Å². The number of carbonyl (C=O) groups excluding carboxylic acids is 3. The fraction of sp³-hybridized carbons (Fsp3) is 0.121. The molecular weight excluding hydrogens is 619 g/mol. The summed E-state index contributed by atoms with van der Waals surface area (Å²) in [5.74, 6) is -2.26. The van der Waals surface area contributed by atoms with Gasteiger partial charge in [0.1, 0.15) is 11.5 Å². The molecule has 3 N–H and O–H groups in total. The largest absolute Gasteiger partial charge is 0.325 e. The number of nitro groups is 1. The number of nitrogens with one attached hydrogen (secondary N) is 3. The lowest BCUT2D eigenvalue weighted by Crippen LogP contribution is -2.30. The molecular formula is C33H28ClFN4O5S. The highest BCUT2D eigenvalue weighted by molar-refractivity contribution is 8.00. The molecule has 0 radical (unpaired) electrons. The minimum atomic E-state index is -0.723. The van der Waals surface area contributed by atoms with Gasteiger partial charge in [-0.15, -0.1) is 11.8 Å². The SMILES string of the molecule is CCC(Sc1cccc(NC(=O)/C(=C\c2c(F)cccc2Cl)NC(=O)c2ccccc2)c1)C(=O)Nc1ccc([N+](=O)[O-])cc1C. The lowest BCUT2D eigenvalue weighted by molar-refractivity contribution is -0.384. The summed E-state index contributed by atoms with van der Waals surface area (Å²) in [5, 5.41) is 18.7. The fourth-order valence-corrected chi connectivity index (χ4v) is 5.41. The zero-order valence-electron chi connectivity index (χ0n) is 24.2. The molecule has 45 heavy (non-hydrogen) atoms. The second-order valence-electron chi connectivity index (χ2n) is 9.76. The average Bonchev–Trinajstić information content (AvgIpc) is 3.02. The van der Waals surface area contributed by atoms with Crippen molar-refractivity contribution in [3.63, 3.8) is 0 Å². The summed E-state index contributed by atoms with van der Waals surface area (Å²) < 4.78 is 14.6. The molecule has 0 heterocycles. The Balaban J connectivity index is 1.52. The van der Waals surface area contributed by atoms with Crippen molar-refractivity contribution in [2.45, 2.75) is 30.4 Å². The molecule has 0 saturated carbocycles. The molecule has 0 fully saturated rings. The Labute approximate surface area is 268 Å². The first kappa shape index (κ1) is 32.9. The van der Waals surface area contributed by atoms with E-state index in [1.807, 2.05) is 6.92 Å². The third kappa shape index (κ3) is 8.78. The summed E-state index contributed by atoms with van der Waals surface area (Å²) in [6, 6.07) is 23.3. The first-order valence-electron chi connectivity index (χ1n) is 13.7. The molecule has 1 atom stereocenters. The van der Waals surface area contributed by atoms with Crippen molar-refractivity contribution in [2.24, 2.45) is 0 Å². The Bertz CT molecular complexity index is 1760. The van der Waals surface area contributed by atoms with Gasteiger partial charge in [-0.1, -0.05) is 48.9 Å². The van der Waals surface area contributed by atoms with E-state index in [-0.39, 0.29) is 27.9 Å². The summed E-state index contributed by atoms with van der Waals surface area (Å²) in [6.45, 7) is 3.53. The van der Waals surface area contributed by atoms with Crippen molar-refractivity contribution in [3.05, 3.63) is 134 Å². The van der Waals surface area contributed by atoms with Crippen molar-refractivity contribution < 1.29 is 23.7 Å². The highest BCUT2D eigenvalue weighted by Gasteiger charge is 2.21. The van der Waals surface area contributed by atoms with Crippen LogP contribution in [0.3, 0.4) is 0 Å². The summed E-state index contributed by atoms with van der Waals surface area (Å²) in [7, 11) is 0. The van der Waals surface area contributed by atoms with Crippen molar-refractivity contribution in [1.82, 2.24) is 5.32 Å². The molecule has 4 aromatic rings. The Morgan fingerprint density at radius 1 is 0.978 bits per heavy atom. The van der Waals surface area contributed by atoms with Gasteiger partial charge in [0.25, 0.3) is 17.5 Å². The third-order valence-electron chi connectivity index (χ3n) is 6.53. The quantitative estimate of drug-likeness (QED) is 0.0665. The molecule has 0 aromatic heterocycles. The van der Waals surface area contributed by atoms with E-state index in [1.165, 1.54) is 54.2 Å². The zero-order valence-corrected chi connectivity index (χ0v) is 25.7. The number of nitrogens with zero attached hydrogens (tertiary/aromatic N) is 1. The molecule has 0 aliphatic heterocycles. The molecule has 1 unspecified atom stereocenters. The smallest absolute Gasteiger partial charge is 0.272 e. The molecule has 0 bridgehead atoms. The molecule has 0 saturated heterocycles. The molecule has 4 aromatic carbocycles. The van der Waals surface area contributed by atoms with Crippen LogP contribution in [0.2, 0.25) is 5.02 Å². The minimum absolute atomic E-state index is 0.0560. The van der Waals surface area contributed by atoms with Crippen LogP contribution in [-0.2, 0) is 9.59 Å². The fourth-order valence-electron chi connectivity index (χ4n) is 4.18. The van der Waals surface area contributed by atoms with Crippen LogP contribution in [0.4, 0.5) is 21.5 Å². The number of nitro benzene ring substituents is 1. The molecule has 0 aliphatic carbocycles. The predicted octanol–water partition coefficient (Wildman–Crippen LogP) is 7.61. The van der Waals surface area contributed by atoms with E-state index in [0.29, 0.717) is 33.8 Å². The first-order chi connectivity index (χ1) is 21.5. The van der Waals surface area contributed by atoms with Gasteiger partial charge < -0.3 is 16.0 Å². The topological polar surface area (TPSA) is 130 Å². The zero-order chi connectivity index (χ0) is 32.5. The molecule has 0 spiro atoms. The maximum Gasteiger partial charge on any atom is 0.272 e. The lowest BCUT2D eigenvalue weighted by Gasteiger charge is -2.17. The molecule has 9 nitrogen and oxygen atoms in total. The van der Waals surface area contributed by atoms with Gasteiger partial charge in [0.05, 0.1) is 15.2 Å². The Hall–Kier alpha value is -5.00. The van der Waals surface area contributed by atoms with Crippen LogP contribution in [0.5, 0.6) is 0 Å². The Morgan fingerprint density at radius 2 is 1.71 bits per heavy atom. The maximum absolute atomic E-state index is 14.6. The van der Waals surface area contributed by atoms with Gasteiger partial charge in [-0.05, 0) is 73.5 Å². The molecule has 230 valence electrons. The summed E-state index contributed by atoms with van der Waals surface area (Å²) in [4.78, 5) is 50.7. The van der Waals surface area contributed by atoms with Crippen molar-refractivity contribution in [3.8, 4) is 0 Å². The van der Waals surface area contributed by atoms with E-state index >= 15 is 0 Å². The van der Waals surface area contributed by atoms with Gasteiger partial charge in [-0.2, -0.15) is 0 Å². The molecule has 0 aliphatic rings. The number of benzene rings is 4. The summed E-state index contributed by atoms with van der Waals surface area (Å²) >= 11 is 7.46. The number of halogens is 2. The van der Waals surface area contributed by atoms with Crippen LogP contribution >= 0.6 is 23.4 Å². The second-order valence-corrected chi connectivity index (χ2v) is 11.4.